The van der Waals surface area contributed by atoms with Crippen LogP contribution in [0.1, 0.15) is 11.7 Å². The van der Waals surface area contributed by atoms with Crippen molar-refractivity contribution in [3.8, 4) is 5.75 Å². The molecule has 1 rings (SSSR count). The van der Waals surface area contributed by atoms with Crippen LogP contribution in [0.4, 0.5) is 0 Å². The number of methoxy groups -OCH3 is 1. The van der Waals surface area contributed by atoms with Crippen LogP contribution in [0.15, 0.2) is 6.20 Å². The summed E-state index contributed by atoms with van der Waals surface area (Å²) >= 11 is 0. The van der Waals surface area contributed by atoms with Gasteiger partial charge in [-0.2, -0.15) is 5.10 Å². The molecule has 1 aromatic rings. The maximum atomic E-state index is 5.44. The predicted molar refractivity (Wildman–Crippen MR) is 77.7 cm³/mol. The first-order valence-electron chi connectivity index (χ1n) is 6.56. The lowest BCUT2D eigenvalue weighted by Gasteiger charge is -2.23. The van der Waals surface area contributed by atoms with Crippen LogP contribution in [0.5, 0.6) is 5.75 Å². The van der Waals surface area contributed by atoms with E-state index >= 15 is 0 Å². The largest absolute Gasteiger partial charge is 0.493 e. The van der Waals surface area contributed by atoms with Crippen molar-refractivity contribution in [2.75, 3.05) is 55.4 Å². The molecule has 6 nitrogen and oxygen atoms in total. The molecule has 0 spiro atoms. The molecule has 0 aliphatic carbocycles. The van der Waals surface area contributed by atoms with Crippen molar-refractivity contribution >= 4 is 0 Å². The van der Waals surface area contributed by atoms with Gasteiger partial charge in [-0.15, -0.1) is 0 Å². The Morgan fingerprint density at radius 3 is 2.47 bits per heavy atom. The first-order chi connectivity index (χ1) is 8.99. The van der Waals surface area contributed by atoms with Crippen molar-refractivity contribution in [1.29, 1.82) is 0 Å². The summed E-state index contributed by atoms with van der Waals surface area (Å²) in [4.78, 5) is 4.31. The van der Waals surface area contributed by atoms with Crippen LogP contribution in [-0.2, 0) is 6.54 Å². The number of nitrogens with zero attached hydrogens (tertiary/aromatic N) is 4. The van der Waals surface area contributed by atoms with Crippen molar-refractivity contribution < 1.29 is 4.74 Å². The fourth-order valence-corrected chi connectivity index (χ4v) is 2.04. The Bertz CT molecular complexity index is 375. The van der Waals surface area contributed by atoms with E-state index in [9.17, 15) is 0 Å². The smallest absolute Gasteiger partial charge is 0.161 e. The molecular weight excluding hydrogens is 242 g/mol. The van der Waals surface area contributed by atoms with E-state index in [1.807, 2.05) is 11.7 Å². The van der Waals surface area contributed by atoms with Gasteiger partial charge in [0.1, 0.15) is 0 Å². The number of likely N-dealkylation sites (N-methyl/N-ethyl adjacent to an activating group) is 3. The SMILES string of the molecule is CNC(CN(C)C)c1c(OC)cnn1CCN(C)C. The number of rotatable bonds is 8. The minimum atomic E-state index is 0.203. The van der Waals surface area contributed by atoms with Gasteiger partial charge in [0, 0.05) is 13.1 Å². The first kappa shape index (κ1) is 15.9. The average molecular weight is 269 g/mol. The van der Waals surface area contributed by atoms with Gasteiger partial charge >= 0.3 is 0 Å². The molecule has 1 unspecified atom stereocenters. The molecule has 1 atom stereocenters. The molecule has 1 aromatic heterocycles. The fourth-order valence-electron chi connectivity index (χ4n) is 2.04. The topological polar surface area (TPSA) is 45.6 Å². The monoisotopic (exact) mass is 269 g/mol. The Labute approximate surface area is 116 Å². The Hall–Kier alpha value is -1.11. The zero-order valence-corrected chi connectivity index (χ0v) is 13.0. The Balaban J connectivity index is 2.95. The summed E-state index contributed by atoms with van der Waals surface area (Å²) in [5, 5.41) is 7.78. The van der Waals surface area contributed by atoms with E-state index in [4.69, 9.17) is 4.74 Å². The molecule has 19 heavy (non-hydrogen) atoms. The van der Waals surface area contributed by atoms with Crippen molar-refractivity contribution in [2.45, 2.75) is 12.6 Å². The summed E-state index contributed by atoms with van der Waals surface area (Å²) in [6.07, 6.45) is 1.80. The zero-order chi connectivity index (χ0) is 14.4. The molecule has 1 N–H and O–H groups in total. The first-order valence-corrected chi connectivity index (χ1v) is 6.56. The number of nitrogens with one attached hydrogen (secondary N) is 1. The lowest BCUT2D eigenvalue weighted by Crippen LogP contribution is -2.32. The standard InChI is InChI=1S/C13H27N5O/c1-14-11(10-17(4)5)13-12(19-6)9-15-18(13)8-7-16(2)3/h9,11,14H,7-8,10H2,1-6H3. The lowest BCUT2D eigenvalue weighted by atomic mass is 10.2. The quantitative estimate of drug-likeness (QED) is 0.734. The zero-order valence-electron chi connectivity index (χ0n) is 13.0. The molecule has 0 fully saturated rings. The number of ether oxygens (including phenoxy) is 1. The lowest BCUT2D eigenvalue weighted by molar-refractivity contribution is 0.318. The van der Waals surface area contributed by atoms with Crippen LogP contribution in [-0.4, -0.2) is 75.0 Å². The van der Waals surface area contributed by atoms with Crippen LogP contribution in [0.25, 0.3) is 0 Å². The molecule has 0 bridgehead atoms. The van der Waals surface area contributed by atoms with Crippen molar-refractivity contribution in [3.63, 3.8) is 0 Å². The van der Waals surface area contributed by atoms with Gasteiger partial charge < -0.3 is 19.9 Å². The van der Waals surface area contributed by atoms with Gasteiger partial charge in [0.05, 0.1) is 31.6 Å². The highest BCUT2D eigenvalue weighted by Gasteiger charge is 2.21. The van der Waals surface area contributed by atoms with Crippen LogP contribution < -0.4 is 10.1 Å². The number of hydrogen-bond acceptors (Lipinski definition) is 5. The van der Waals surface area contributed by atoms with Gasteiger partial charge in [-0.05, 0) is 35.2 Å². The summed E-state index contributed by atoms with van der Waals surface area (Å²) in [6.45, 7) is 2.72. The third-order valence-electron chi connectivity index (χ3n) is 3.05. The van der Waals surface area contributed by atoms with E-state index < -0.39 is 0 Å². The molecule has 0 saturated heterocycles. The number of hydrogen-bond donors (Lipinski definition) is 1. The average Bonchev–Trinajstić information content (AvgIpc) is 2.75. The fraction of sp³-hybridized carbons (Fsp3) is 0.769. The summed E-state index contributed by atoms with van der Waals surface area (Å²) in [7, 11) is 11.9. The molecule has 0 aliphatic rings. The van der Waals surface area contributed by atoms with Gasteiger partial charge in [-0.25, -0.2) is 0 Å². The summed E-state index contributed by atoms with van der Waals surface area (Å²) in [6, 6.07) is 0.203. The molecule has 0 aliphatic heterocycles. The Morgan fingerprint density at radius 1 is 1.32 bits per heavy atom. The highest BCUT2D eigenvalue weighted by molar-refractivity contribution is 5.28. The van der Waals surface area contributed by atoms with E-state index in [1.165, 1.54) is 0 Å². The molecular formula is C13H27N5O. The maximum absolute atomic E-state index is 5.44. The van der Waals surface area contributed by atoms with E-state index in [0.717, 1.165) is 31.1 Å². The van der Waals surface area contributed by atoms with E-state index in [0.29, 0.717) is 0 Å². The van der Waals surface area contributed by atoms with E-state index in [1.54, 1.807) is 13.3 Å². The van der Waals surface area contributed by atoms with Gasteiger partial charge in [0.25, 0.3) is 0 Å². The molecule has 0 amide bonds. The number of aromatic nitrogens is 2. The van der Waals surface area contributed by atoms with Crippen molar-refractivity contribution in [1.82, 2.24) is 24.9 Å². The summed E-state index contributed by atoms with van der Waals surface area (Å²) < 4.78 is 7.47. The Morgan fingerprint density at radius 2 is 2.00 bits per heavy atom. The molecule has 1 heterocycles. The molecule has 0 saturated carbocycles. The van der Waals surface area contributed by atoms with Crippen LogP contribution in [0.2, 0.25) is 0 Å². The molecule has 110 valence electrons. The van der Waals surface area contributed by atoms with Crippen LogP contribution in [0, 0.1) is 0 Å². The molecule has 0 radical (unpaired) electrons. The second-order valence-corrected chi connectivity index (χ2v) is 5.23. The highest BCUT2D eigenvalue weighted by Crippen LogP contribution is 2.25. The molecule has 0 aromatic carbocycles. The third-order valence-corrected chi connectivity index (χ3v) is 3.05. The summed E-state index contributed by atoms with van der Waals surface area (Å²) in [5.74, 6) is 0.847. The minimum Gasteiger partial charge on any atom is -0.493 e. The van der Waals surface area contributed by atoms with Gasteiger partial charge in [0.2, 0.25) is 0 Å². The van der Waals surface area contributed by atoms with Gasteiger partial charge in [0.15, 0.2) is 5.75 Å². The maximum Gasteiger partial charge on any atom is 0.161 e. The normalized spacial score (nSPS) is 13.3. The second-order valence-electron chi connectivity index (χ2n) is 5.23. The van der Waals surface area contributed by atoms with E-state index in [2.05, 4.69) is 48.4 Å². The summed E-state index contributed by atoms with van der Waals surface area (Å²) in [5.41, 5.74) is 1.11. The van der Waals surface area contributed by atoms with Crippen LogP contribution in [0.3, 0.4) is 0 Å². The highest BCUT2D eigenvalue weighted by atomic mass is 16.5. The van der Waals surface area contributed by atoms with E-state index in [-0.39, 0.29) is 6.04 Å². The van der Waals surface area contributed by atoms with Gasteiger partial charge in [-0.3, -0.25) is 4.68 Å². The third kappa shape index (κ3) is 4.49. The Kier molecular flexibility index (Phi) is 6.27. The van der Waals surface area contributed by atoms with Crippen molar-refractivity contribution in [3.05, 3.63) is 11.9 Å². The second kappa shape index (κ2) is 7.47. The predicted octanol–water partition coefficient (Wildman–Crippen LogP) is 0.275. The van der Waals surface area contributed by atoms with Crippen LogP contribution >= 0.6 is 0 Å². The van der Waals surface area contributed by atoms with Crippen molar-refractivity contribution in [2.24, 2.45) is 0 Å². The van der Waals surface area contributed by atoms with Gasteiger partial charge in [-0.1, -0.05) is 0 Å². The minimum absolute atomic E-state index is 0.203. The molecule has 6 heteroatoms.